The van der Waals surface area contributed by atoms with E-state index in [1.54, 1.807) is 18.9 Å². The third-order valence-electron chi connectivity index (χ3n) is 4.69. The molecule has 1 atom stereocenters. The lowest BCUT2D eigenvalue weighted by molar-refractivity contribution is -0.136. The summed E-state index contributed by atoms with van der Waals surface area (Å²) < 4.78 is 42.0. The molecule has 3 heterocycles. The zero-order valence-electron chi connectivity index (χ0n) is 16.0. The highest BCUT2D eigenvalue weighted by atomic mass is 35.5. The molecule has 0 N–H and O–H groups in total. The molecule has 0 fully saturated rings. The van der Waals surface area contributed by atoms with Crippen molar-refractivity contribution in [1.82, 2.24) is 34.7 Å². The minimum atomic E-state index is -4.62. The third kappa shape index (κ3) is 3.98. The number of anilines is 1. The van der Waals surface area contributed by atoms with Gasteiger partial charge in [-0.15, -0.1) is 0 Å². The van der Waals surface area contributed by atoms with Crippen molar-refractivity contribution < 1.29 is 13.2 Å². The van der Waals surface area contributed by atoms with Crippen molar-refractivity contribution in [2.75, 3.05) is 11.9 Å². The Hall–Kier alpha value is -3.05. The van der Waals surface area contributed by atoms with Gasteiger partial charge in [0.15, 0.2) is 11.6 Å². The summed E-state index contributed by atoms with van der Waals surface area (Å²) in [5.41, 5.74) is -1.18. The van der Waals surface area contributed by atoms with E-state index >= 15 is 0 Å². The van der Waals surface area contributed by atoms with Gasteiger partial charge in [0.05, 0.1) is 17.1 Å². The predicted octanol–water partition coefficient (Wildman–Crippen LogP) is 4.52. The van der Waals surface area contributed by atoms with Crippen LogP contribution in [0.25, 0.3) is 16.7 Å². The number of fused-ring (bicyclic) bond motifs is 1. The number of nitrogens with zero attached hydrogens (tertiary/aromatic N) is 8. The van der Waals surface area contributed by atoms with Gasteiger partial charge in [-0.05, 0) is 19.1 Å². The fraction of sp³-hybridized carbons (Fsp3) is 0.222. The molecule has 0 aliphatic rings. The van der Waals surface area contributed by atoms with Crippen molar-refractivity contribution >= 4 is 39.9 Å². The molecule has 0 unspecified atom stereocenters. The molecule has 0 radical (unpaired) electrons. The maximum atomic E-state index is 13.5. The Bertz CT molecular complexity index is 1260. The van der Waals surface area contributed by atoms with Crippen LogP contribution in [-0.4, -0.2) is 41.7 Å². The van der Waals surface area contributed by atoms with E-state index in [4.69, 9.17) is 23.2 Å². The molecule has 4 rings (SSSR count). The summed E-state index contributed by atoms with van der Waals surface area (Å²) in [5.74, 6) is 1.10. The summed E-state index contributed by atoms with van der Waals surface area (Å²) in [4.78, 5) is 22.0. The topological polar surface area (TPSA) is 85.5 Å². The molecule has 0 aliphatic heterocycles. The summed E-state index contributed by atoms with van der Waals surface area (Å²) in [6.45, 7) is 1.80. The van der Waals surface area contributed by atoms with Gasteiger partial charge in [0.25, 0.3) is 0 Å². The molecule has 1 aromatic carbocycles. The maximum absolute atomic E-state index is 13.5. The van der Waals surface area contributed by atoms with Crippen LogP contribution in [0.5, 0.6) is 0 Å². The lowest BCUT2D eigenvalue weighted by Gasteiger charge is -2.26. The number of hydrogen-bond donors (Lipinski definition) is 0. The SMILES string of the molecule is C[C@@H](c1ncnn1-c1cc(Cl)ncn1)N(C)c1ncnc2c(C(F)(F)F)cc(Cl)cc12. The van der Waals surface area contributed by atoms with Crippen LogP contribution in [-0.2, 0) is 6.18 Å². The molecular weight excluding hydrogens is 456 g/mol. The standard InChI is InChI=1S/C18H13Cl2F3N8/c1-9(16-28-8-29-31(16)14-5-13(20)24-6-25-14)30(2)17-11-3-10(19)4-12(18(21,22)23)15(11)26-7-27-17/h3-9H,1-2H3/t9-/m0/s1. The molecule has 0 saturated heterocycles. The van der Waals surface area contributed by atoms with Gasteiger partial charge in [0, 0.05) is 23.5 Å². The highest BCUT2D eigenvalue weighted by Crippen LogP contribution is 2.39. The van der Waals surface area contributed by atoms with E-state index in [0.717, 1.165) is 12.4 Å². The molecule has 13 heteroatoms. The van der Waals surface area contributed by atoms with Gasteiger partial charge in [-0.25, -0.2) is 24.9 Å². The first kappa shape index (κ1) is 21.2. The van der Waals surface area contributed by atoms with Gasteiger partial charge < -0.3 is 4.90 Å². The minimum Gasteiger partial charge on any atom is -0.349 e. The van der Waals surface area contributed by atoms with Crippen LogP contribution in [0.2, 0.25) is 10.2 Å². The fourth-order valence-electron chi connectivity index (χ4n) is 3.13. The Balaban J connectivity index is 1.80. The lowest BCUT2D eigenvalue weighted by atomic mass is 10.1. The molecule has 160 valence electrons. The van der Waals surface area contributed by atoms with Crippen molar-refractivity contribution in [1.29, 1.82) is 0 Å². The maximum Gasteiger partial charge on any atom is 0.418 e. The Morgan fingerprint density at radius 3 is 2.42 bits per heavy atom. The second kappa shape index (κ2) is 7.89. The van der Waals surface area contributed by atoms with Crippen LogP contribution in [0.4, 0.5) is 19.0 Å². The molecule has 8 nitrogen and oxygen atoms in total. The van der Waals surface area contributed by atoms with Gasteiger partial charge in [0.1, 0.15) is 30.0 Å². The van der Waals surface area contributed by atoms with Crippen LogP contribution >= 0.6 is 23.2 Å². The smallest absolute Gasteiger partial charge is 0.349 e. The van der Waals surface area contributed by atoms with E-state index < -0.39 is 17.8 Å². The first-order valence-corrected chi connectivity index (χ1v) is 9.54. The average molecular weight is 469 g/mol. The van der Waals surface area contributed by atoms with Gasteiger partial charge in [-0.3, -0.25) is 0 Å². The molecule has 0 aliphatic carbocycles. The Kier molecular flexibility index (Phi) is 5.40. The largest absolute Gasteiger partial charge is 0.418 e. The van der Waals surface area contributed by atoms with Gasteiger partial charge in [-0.2, -0.15) is 23.0 Å². The zero-order valence-corrected chi connectivity index (χ0v) is 17.5. The zero-order chi connectivity index (χ0) is 22.3. The van der Waals surface area contributed by atoms with Crippen molar-refractivity contribution in [3.63, 3.8) is 0 Å². The average Bonchev–Trinajstić information content (AvgIpc) is 3.21. The molecule has 0 spiro atoms. The summed E-state index contributed by atoms with van der Waals surface area (Å²) in [5, 5.41) is 4.49. The quantitative estimate of drug-likeness (QED) is 0.406. The Labute approximate surface area is 183 Å². The summed E-state index contributed by atoms with van der Waals surface area (Å²) in [7, 11) is 1.67. The molecule has 0 bridgehead atoms. The second-order valence-corrected chi connectivity index (χ2v) is 7.38. The third-order valence-corrected chi connectivity index (χ3v) is 5.11. The normalized spacial score (nSPS) is 12.9. The van der Waals surface area contributed by atoms with Gasteiger partial charge in [0.2, 0.25) is 0 Å². The van der Waals surface area contributed by atoms with Crippen LogP contribution in [0.1, 0.15) is 24.4 Å². The van der Waals surface area contributed by atoms with Gasteiger partial charge >= 0.3 is 6.18 Å². The number of halogens is 5. The predicted molar refractivity (Wildman–Crippen MR) is 108 cm³/mol. The summed E-state index contributed by atoms with van der Waals surface area (Å²) in [6, 6.07) is 3.30. The number of rotatable bonds is 4. The summed E-state index contributed by atoms with van der Waals surface area (Å²) in [6.07, 6.45) is -0.910. The Morgan fingerprint density at radius 1 is 0.968 bits per heavy atom. The van der Waals surface area contributed by atoms with Crippen molar-refractivity contribution in [3.8, 4) is 5.82 Å². The fourth-order valence-corrected chi connectivity index (χ4v) is 3.48. The molecule has 31 heavy (non-hydrogen) atoms. The minimum absolute atomic E-state index is 0.0734. The molecule has 4 aromatic rings. The van der Waals surface area contributed by atoms with Crippen LogP contribution < -0.4 is 4.90 Å². The molecule has 0 saturated carbocycles. The molecule has 0 amide bonds. The van der Waals surface area contributed by atoms with E-state index in [1.807, 2.05) is 0 Å². The first-order chi connectivity index (χ1) is 14.7. The number of benzene rings is 1. The molecular formula is C18H13Cl2F3N8. The van der Waals surface area contributed by atoms with E-state index in [1.165, 1.54) is 29.5 Å². The van der Waals surface area contributed by atoms with Crippen molar-refractivity contribution in [2.45, 2.75) is 19.1 Å². The van der Waals surface area contributed by atoms with E-state index in [9.17, 15) is 13.2 Å². The van der Waals surface area contributed by atoms with Crippen LogP contribution in [0.15, 0.2) is 37.2 Å². The van der Waals surface area contributed by atoms with Gasteiger partial charge in [-0.1, -0.05) is 23.2 Å². The number of alkyl halides is 3. The van der Waals surface area contributed by atoms with E-state index in [-0.39, 0.29) is 26.9 Å². The second-order valence-electron chi connectivity index (χ2n) is 6.56. The summed E-state index contributed by atoms with van der Waals surface area (Å²) >= 11 is 11.9. The molecule has 3 aromatic heterocycles. The van der Waals surface area contributed by atoms with Crippen LogP contribution in [0, 0.1) is 0 Å². The van der Waals surface area contributed by atoms with E-state index in [2.05, 4.69) is 30.0 Å². The van der Waals surface area contributed by atoms with Crippen molar-refractivity contribution in [2.24, 2.45) is 0 Å². The highest BCUT2D eigenvalue weighted by Gasteiger charge is 2.35. The van der Waals surface area contributed by atoms with E-state index in [0.29, 0.717) is 11.6 Å². The first-order valence-electron chi connectivity index (χ1n) is 8.79. The number of hydrogen-bond acceptors (Lipinski definition) is 7. The lowest BCUT2D eigenvalue weighted by Crippen LogP contribution is -2.26. The van der Waals surface area contributed by atoms with Crippen LogP contribution in [0.3, 0.4) is 0 Å². The Morgan fingerprint density at radius 2 is 1.71 bits per heavy atom. The monoisotopic (exact) mass is 468 g/mol. The van der Waals surface area contributed by atoms with Crippen molar-refractivity contribution in [3.05, 3.63) is 58.7 Å². The highest BCUT2D eigenvalue weighted by molar-refractivity contribution is 6.31. The number of aromatic nitrogens is 7.